The van der Waals surface area contributed by atoms with Crippen LogP contribution in [0.1, 0.15) is 59.2 Å². The molecule has 0 atom stereocenters. The smallest absolute Gasteiger partial charge is 0.255 e. The quantitative estimate of drug-likeness (QED) is 0.380. The Hall–Kier alpha value is -2.92. The van der Waals surface area contributed by atoms with E-state index in [-0.39, 0.29) is 11.8 Å². The molecule has 4 nitrogen and oxygen atoms in total. The van der Waals surface area contributed by atoms with Gasteiger partial charge in [-0.1, -0.05) is 83.7 Å². The Bertz CT molecular complexity index is 1130. The van der Waals surface area contributed by atoms with E-state index in [0.717, 1.165) is 46.1 Å². The van der Waals surface area contributed by atoms with Gasteiger partial charge in [0, 0.05) is 22.3 Å². The van der Waals surface area contributed by atoms with Crippen molar-refractivity contribution in [3.05, 3.63) is 99.5 Å². The molecule has 4 rings (SSSR count). The van der Waals surface area contributed by atoms with Crippen molar-refractivity contribution in [2.75, 3.05) is 5.32 Å². The fourth-order valence-corrected chi connectivity index (χ4v) is 5.19. The average Bonchev–Trinajstić information content (AvgIpc) is 2.86. The summed E-state index contributed by atoms with van der Waals surface area (Å²) in [6.45, 7) is 4.39. The molecule has 0 unspecified atom stereocenters. The zero-order valence-corrected chi connectivity index (χ0v) is 21.4. The van der Waals surface area contributed by atoms with Crippen LogP contribution in [0.4, 0.5) is 5.69 Å². The van der Waals surface area contributed by atoms with Crippen LogP contribution in [0.3, 0.4) is 0 Å². The maximum absolute atomic E-state index is 14.1. The summed E-state index contributed by atoms with van der Waals surface area (Å²) in [5, 5.41) is 3.23. The fraction of sp³-hybridized carbons (Fsp3) is 0.310. The number of carbonyl (C=O) groups excluding carboxylic acids is 2. The van der Waals surface area contributed by atoms with Crippen LogP contribution in [-0.2, 0) is 11.3 Å². The van der Waals surface area contributed by atoms with Gasteiger partial charge in [-0.15, -0.1) is 0 Å². The summed E-state index contributed by atoms with van der Waals surface area (Å²) in [6, 6.07) is 23.3. The molecular formula is C29H31BrN2O2. The van der Waals surface area contributed by atoms with Gasteiger partial charge in [-0.3, -0.25) is 9.59 Å². The molecule has 0 saturated heterocycles. The van der Waals surface area contributed by atoms with Gasteiger partial charge in [-0.25, -0.2) is 0 Å². The lowest BCUT2D eigenvalue weighted by molar-refractivity contribution is -0.129. The number of benzene rings is 3. The van der Waals surface area contributed by atoms with Crippen molar-refractivity contribution in [1.82, 2.24) is 4.90 Å². The Kier molecular flexibility index (Phi) is 7.52. The third-order valence-electron chi connectivity index (χ3n) is 6.86. The zero-order valence-electron chi connectivity index (χ0n) is 19.8. The summed E-state index contributed by atoms with van der Waals surface area (Å²) in [5.41, 5.74) is 3.57. The first-order valence-corrected chi connectivity index (χ1v) is 12.7. The molecule has 3 aromatic carbocycles. The summed E-state index contributed by atoms with van der Waals surface area (Å²) < 4.78 is 0.916. The van der Waals surface area contributed by atoms with Crippen molar-refractivity contribution in [2.24, 2.45) is 0 Å². The molecule has 1 aliphatic rings. The minimum atomic E-state index is -0.910. The number of aryl methyl sites for hydroxylation is 2. The van der Waals surface area contributed by atoms with E-state index in [4.69, 9.17) is 0 Å². The molecule has 1 aliphatic carbocycles. The monoisotopic (exact) mass is 518 g/mol. The molecule has 1 N–H and O–H groups in total. The molecule has 2 amide bonds. The Balaban J connectivity index is 1.77. The third-order valence-corrected chi connectivity index (χ3v) is 7.39. The Morgan fingerprint density at radius 3 is 2.09 bits per heavy atom. The number of hydrogen-bond acceptors (Lipinski definition) is 2. The molecule has 5 heteroatoms. The van der Waals surface area contributed by atoms with Crippen LogP contribution in [0.15, 0.2) is 77.3 Å². The van der Waals surface area contributed by atoms with Gasteiger partial charge in [-0.2, -0.15) is 0 Å². The van der Waals surface area contributed by atoms with E-state index in [1.54, 1.807) is 0 Å². The van der Waals surface area contributed by atoms with Crippen molar-refractivity contribution < 1.29 is 9.59 Å². The Morgan fingerprint density at radius 1 is 0.853 bits per heavy atom. The van der Waals surface area contributed by atoms with Crippen LogP contribution < -0.4 is 5.32 Å². The molecule has 0 heterocycles. The van der Waals surface area contributed by atoms with Crippen LogP contribution in [0.25, 0.3) is 0 Å². The first kappa shape index (κ1) is 24.2. The van der Waals surface area contributed by atoms with Crippen molar-refractivity contribution in [3.8, 4) is 0 Å². The first-order chi connectivity index (χ1) is 16.4. The molecule has 0 radical (unpaired) electrons. The second kappa shape index (κ2) is 10.6. The van der Waals surface area contributed by atoms with Crippen molar-refractivity contribution in [1.29, 1.82) is 0 Å². The number of anilines is 1. The lowest BCUT2D eigenvalue weighted by atomic mass is 9.78. The summed E-state index contributed by atoms with van der Waals surface area (Å²) in [4.78, 5) is 29.9. The van der Waals surface area contributed by atoms with Gasteiger partial charge in [0.2, 0.25) is 5.91 Å². The number of nitrogens with one attached hydrogen (secondary N) is 1. The van der Waals surface area contributed by atoms with E-state index in [9.17, 15) is 9.59 Å². The van der Waals surface area contributed by atoms with E-state index in [1.165, 1.54) is 0 Å². The number of amides is 2. The molecule has 0 aromatic heterocycles. The predicted octanol–water partition coefficient (Wildman–Crippen LogP) is 7.05. The topological polar surface area (TPSA) is 49.4 Å². The molecule has 0 bridgehead atoms. The van der Waals surface area contributed by atoms with Gasteiger partial charge in [0.1, 0.15) is 5.54 Å². The summed E-state index contributed by atoms with van der Waals surface area (Å²) >= 11 is 3.46. The fourth-order valence-electron chi connectivity index (χ4n) is 4.93. The lowest BCUT2D eigenvalue weighted by Crippen LogP contribution is -2.59. The second-order valence-corrected chi connectivity index (χ2v) is 10.1. The van der Waals surface area contributed by atoms with Gasteiger partial charge in [0.05, 0.1) is 0 Å². The van der Waals surface area contributed by atoms with Crippen molar-refractivity contribution in [3.63, 3.8) is 0 Å². The van der Waals surface area contributed by atoms with Crippen molar-refractivity contribution >= 4 is 33.4 Å². The SMILES string of the molecule is Cc1cccc(C)c1NC(=O)C1(N(Cc2ccccc2)C(=O)c2ccc(Br)cc2)CCCCC1. The van der Waals surface area contributed by atoms with E-state index in [0.29, 0.717) is 24.9 Å². The Morgan fingerprint density at radius 2 is 1.47 bits per heavy atom. The number of para-hydroxylation sites is 1. The second-order valence-electron chi connectivity index (χ2n) is 9.20. The number of halogens is 1. The van der Waals surface area contributed by atoms with Crippen LogP contribution in [0, 0.1) is 13.8 Å². The molecule has 0 spiro atoms. The van der Waals surface area contributed by atoms with E-state index >= 15 is 0 Å². The molecular weight excluding hydrogens is 488 g/mol. The highest BCUT2D eigenvalue weighted by molar-refractivity contribution is 9.10. The molecule has 1 fully saturated rings. The number of rotatable bonds is 6. The number of nitrogens with zero attached hydrogens (tertiary/aromatic N) is 1. The Labute approximate surface area is 210 Å². The molecule has 176 valence electrons. The highest BCUT2D eigenvalue weighted by Crippen LogP contribution is 2.38. The molecule has 34 heavy (non-hydrogen) atoms. The number of hydrogen-bond donors (Lipinski definition) is 1. The molecule has 0 aliphatic heterocycles. The van der Waals surface area contributed by atoms with Crippen molar-refractivity contribution in [2.45, 2.75) is 58.0 Å². The minimum absolute atomic E-state index is 0.0917. The zero-order chi connectivity index (χ0) is 24.1. The van der Waals surface area contributed by atoms with Gasteiger partial charge in [-0.05, 0) is 67.6 Å². The largest absolute Gasteiger partial charge is 0.324 e. The summed E-state index contributed by atoms with van der Waals surface area (Å²) in [7, 11) is 0. The third kappa shape index (κ3) is 5.10. The molecule has 1 saturated carbocycles. The lowest BCUT2D eigenvalue weighted by Gasteiger charge is -2.45. The average molecular weight is 519 g/mol. The minimum Gasteiger partial charge on any atom is -0.324 e. The van der Waals surface area contributed by atoms with Gasteiger partial charge < -0.3 is 10.2 Å². The predicted molar refractivity (Wildman–Crippen MR) is 141 cm³/mol. The van der Waals surface area contributed by atoms with Gasteiger partial charge in [0.15, 0.2) is 0 Å². The highest BCUT2D eigenvalue weighted by Gasteiger charge is 2.47. The molecule has 3 aromatic rings. The van der Waals surface area contributed by atoms with Crippen LogP contribution in [0.5, 0.6) is 0 Å². The maximum Gasteiger partial charge on any atom is 0.255 e. The van der Waals surface area contributed by atoms with Crippen LogP contribution in [-0.4, -0.2) is 22.3 Å². The summed E-state index contributed by atoms with van der Waals surface area (Å²) in [6.07, 6.45) is 4.21. The first-order valence-electron chi connectivity index (χ1n) is 11.9. The van der Waals surface area contributed by atoms with Gasteiger partial charge >= 0.3 is 0 Å². The summed E-state index contributed by atoms with van der Waals surface area (Å²) in [5.74, 6) is -0.207. The standard InChI is InChI=1S/C29H31BrN2O2/c1-21-10-9-11-22(2)26(21)31-28(34)29(18-7-4-8-19-29)32(20-23-12-5-3-6-13-23)27(33)24-14-16-25(30)17-15-24/h3,5-6,9-17H,4,7-8,18-20H2,1-2H3,(H,31,34). The van der Waals surface area contributed by atoms with Crippen LogP contribution >= 0.6 is 15.9 Å². The number of carbonyl (C=O) groups is 2. The maximum atomic E-state index is 14.1. The normalized spacial score (nSPS) is 14.9. The van der Waals surface area contributed by atoms with Crippen LogP contribution in [0.2, 0.25) is 0 Å². The van der Waals surface area contributed by atoms with E-state index in [2.05, 4.69) is 21.2 Å². The highest BCUT2D eigenvalue weighted by atomic mass is 79.9. The van der Waals surface area contributed by atoms with Gasteiger partial charge in [0.25, 0.3) is 5.91 Å². The van der Waals surface area contributed by atoms with E-state index in [1.807, 2.05) is 91.5 Å². The van der Waals surface area contributed by atoms with E-state index < -0.39 is 5.54 Å².